The third kappa shape index (κ3) is 2.96. The molecule has 2 heterocycles. The summed E-state index contributed by atoms with van der Waals surface area (Å²) in [5, 5.41) is 6.99. The largest absolute Gasteiger partial charge is 0.467 e. The summed E-state index contributed by atoms with van der Waals surface area (Å²) < 4.78 is 6.85. The molecule has 0 aromatic carbocycles. The number of hydrogen-bond donors (Lipinski definition) is 1. The Bertz CT molecular complexity index is 500. The van der Waals surface area contributed by atoms with Crippen molar-refractivity contribution in [2.45, 2.75) is 19.9 Å². The van der Waals surface area contributed by atoms with Gasteiger partial charge in [0.2, 0.25) is 5.91 Å². The van der Waals surface area contributed by atoms with Crippen LogP contribution >= 0.6 is 0 Å². The van der Waals surface area contributed by atoms with Crippen molar-refractivity contribution in [3.05, 3.63) is 41.6 Å². The molecule has 0 bridgehead atoms. The number of nitrogens with zero attached hydrogens (tertiary/aromatic N) is 2. The van der Waals surface area contributed by atoms with Crippen molar-refractivity contribution in [1.29, 1.82) is 0 Å². The Morgan fingerprint density at radius 1 is 1.59 bits per heavy atom. The number of furan rings is 1. The normalized spacial score (nSPS) is 10.5. The molecule has 0 atom stereocenters. The molecule has 5 heteroatoms. The Morgan fingerprint density at radius 3 is 3.00 bits per heavy atom. The Balaban J connectivity index is 1.87. The topological polar surface area (TPSA) is 60.1 Å². The number of aryl methyl sites for hydroxylation is 2. The number of amides is 1. The molecule has 0 saturated carbocycles. The van der Waals surface area contributed by atoms with Crippen LogP contribution in [0.15, 0.2) is 28.9 Å². The maximum Gasteiger partial charge on any atom is 0.226 e. The predicted octanol–water partition coefficient (Wildman–Crippen LogP) is 1.18. The monoisotopic (exact) mass is 233 g/mol. The number of nitrogens with one attached hydrogen (secondary N) is 1. The van der Waals surface area contributed by atoms with Crippen molar-refractivity contribution in [2.75, 3.05) is 0 Å². The molecule has 0 radical (unpaired) electrons. The van der Waals surface area contributed by atoms with Gasteiger partial charge in [-0.05, 0) is 25.1 Å². The van der Waals surface area contributed by atoms with E-state index in [9.17, 15) is 4.79 Å². The van der Waals surface area contributed by atoms with Crippen LogP contribution in [0.1, 0.15) is 17.1 Å². The predicted molar refractivity (Wildman–Crippen MR) is 62.2 cm³/mol. The standard InChI is InChI=1S/C12H15N3O2/c1-9-6-10(15(2)14-9)7-12(16)13-8-11-4-3-5-17-11/h3-6H,7-8H2,1-2H3,(H,13,16). The Kier molecular flexibility index (Phi) is 3.27. The van der Waals surface area contributed by atoms with Crippen molar-refractivity contribution in [1.82, 2.24) is 15.1 Å². The van der Waals surface area contributed by atoms with E-state index in [0.29, 0.717) is 13.0 Å². The van der Waals surface area contributed by atoms with E-state index in [1.807, 2.05) is 26.1 Å². The molecule has 1 amide bonds. The summed E-state index contributed by atoms with van der Waals surface area (Å²) in [6.45, 7) is 2.33. The summed E-state index contributed by atoms with van der Waals surface area (Å²) in [5.41, 5.74) is 1.82. The highest BCUT2D eigenvalue weighted by Crippen LogP contribution is 2.03. The van der Waals surface area contributed by atoms with Crippen molar-refractivity contribution in [2.24, 2.45) is 7.05 Å². The van der Waals surface area contributed by atoms with Crippen LogP contribution in [-0.4, -0.2) is 15.7 Å². The van der Waals surface area contributed by atoms with Crippen molar-refractivity contribution >= 4 is 5.91 Å². The molecule has 0 aliphatic carbocycles. The lowest BCUT2D eigenvalue weighted by atomic mass is 10.2. The average Bonchev–Trinajstić information content (AvgIpc) is 2.87. The van der Waals surface area contributed by atoms with Crippen LogP contribution < -0.4 is 5.32 Å². The Morgan fingerprint density at radius 2 is 2.41 bits per heavy atom. The van der Waals surface area contributed by atoms with Gasteiger partial charge in [0.25, 0.3) is 0 Å². The van der Waals surface area contributed by atoms with Gasteiger partial charge in [0, 0.05) is 12.7 Å². The molecule has 2 aromatic rings. The summed E-state index contributed by atoms with van der Waals surface area (Å²) in [4.78, 5) is 11.7. The number of aromatic nitrogens is 2. The van der Waals surface area contributed by atoms with Gasteiger partial charge in [-0.1, -0.05) is 0 Å². The molecule has 2 aromatic heterocycles. The van der Waals surface area contributed by atoms with Gasteiger partial charge in [0.05, 0.1) is 24.9 Å². The minimum atomic E-state index is -0.0376. The van der Waals surface area contributed by atoms with E-state index in [0.717, 1.165) is 17.1 Å². The van der Waals surface area contributed by atoms with Crippen LogP contribution in [0, 0.1) is 6.92 Å². The molecule has 0 fully saturated rings. The van der Waals surface area contributed by atoms with E-state index < -0.39 is 0 Å². The minimum absolute atomic E-state index is 0.0376. The van der Waals surface area contributed by atoms with Crippen molar-refractivity contribution in [3.63, 3.8) is 0 Å². The second-order valence-corrected chi connectivity index (χ2v) is 3.93. The van der Waals surface area contributed by atoms with Gasteiger partial charge in [-0.25, -0.2) is 0 Å². The van der Waals surface area contributed by atoms with E-state index in [-0.39, 0.29) is 5.91 Å². The molecular formula is C12H15N3O2. The second kappa shape index (κ2) is 4.86. The smallest absolute Gasteiger partial charge is 0.226 e. The van der Waals surface area contributed by atoms with Gasteiger partial charge in [-0.2, -0.15) is 5.10 Å². The molecule has 0 spiro atoms. The highest BCUT2D eigenvalue weighted by atomic mass is 16.3. The fourth-order valence-corrected chi connectivity index (χ4v) is 1.66. The van der Waals surface area contributed by atoms with E-state index in [4.69, 9.17) is 4.42 Å². The lowest BCUT2D eigenvalue weighted by Crippen LogP contribution is -2.25. The third-order valence-electron chi connectivity index (χ3n) is 2.48. The van der Waals surface area contributed by atoms with Crippen LogP contribution in [0.2, 0.25) is 0 Å². The van der Waals surface area contributed by atoms with Gasteiger partial charge in [-0.3, -0.25) is 9.48 Å². The average molecular weight is 233 g/mol. The van der Waals surface area contributed by atoms with Gasteiger partial charge >= 0.3 is 0 Å². The highest BCUT2D eigenvalue weighted by molar-refractivity contribution is 5.78. The van der Waals surface area contributed by atoms with Crippen LogP contribution in [0.5, 0.6) is 0 Å². The first-order valence-corrected chi connectivity index (χ1v) is 5.44. The second-order valence-electron chi connectivity index (χ2n) is 3.93. The van der Waals surface area contributed by atoms with E-state index >= 15 is 0 Å². The molecule has 90 valence electrons. The van der Waals surface area contributed by atoms with Gasteiger partial charge in [0.15, 0.2) is 0 Å². The lowest BCUT2D eigenvalue weighted by Gasteiger charge is -2.03. The highest BCUT2D eigenvalue weighted by Gasteiger charge is 2.08. The Labute approximate surface area is 99.4 Å². The zero-order chi connectivity index (χ0) is 12.3. The zero-order valence-electron chi connectivity index (χ0n) is 9.93. The number of carbonyl (C=O) groups is 1. The van der Waals surface area contributed by atoms with Gasteiger partial charge in [0.1, 0.15) is 5.76 Å². The molecule has 0 unspecified atom stereocenters. The minimum Gasteiger partial charge on any atom is -0.467 e. The fraction of sp³-hybridized carbons (Fsp3) is 0.333. The van der Waals surface area contributed by atoms with Gasteiger partial charge < -0.3 is 9.73 Å². The SMILES string of the molecule is Cc1cc(CC(=O)NCc2ccco2)n(C)n1. The number of hydrogen-bond acceptors (Lipinski definition) is 3. The van der Waals surface area contributed by atoms with Crippen molar-refractivity contribution < 1.29 is 9.21 Å². The maximum atomic E-state index is 11.7. The van der Waals surface area contributed by atoms with Crippen LogP contribution in [0.4, 0.5) is 0 Å². The summed E-state index contributed by atoms with van der Waals surface area (Å²) in [7, 11) is 1.84. The third-order valence-corrected chi connectivity index (χ3v) is 2.48. The van der Waals surface area contributed by atoms with Crippen LogP contribution in [-0.2, 0) is 24.8 Å². The van der Waals surface area contributed by atoms with Gasteiger partial charge in [-0.15, -0.1) is 0 Å². The summed E-state index contributed by atoms with van der Waals surface area (Å²) >= 11 is 0. The maximum absolute atomic E-state index is 11.7. The molecule has 1 N–H and O–H groups in total. The molecule has 0 aliphatic rings. The van der Waals surface area contributed by atoms with Crippen molar-refractivity contribution in [3.8, 4) is 0 Å². The molecule has 5 nitrogen and oxygen atoms in total. The lowest BCUT2D eigenvalue weighted by molar-refractivity contribution is -0.120. The number of rotatable bonds is 4. The molecule has 0 aliphatic heterocycles. The van der Waals surface area contributed by atoms with E-state index in [1.54, 1.807) is 17.0 Å². The first-order chi connectivity index (χ1) is 8.15. The molecule has 0 saturated heterocycles. The van der Waals surface area contributed by atoms with Crippen LogP contribution in [0.25, 0.3) is 0 Å². The first kappa shape index (κ1) is 11.4. The first-order valence-electron chi connectivity index (χ1n) is 5.44. The molecule has 17 heavy (non-hydrogen) atoms. The van der Waals surface area contributed by atoms with Crippen LogP contribution in [0.3, 0.4) is 0 Å². The molecule has 2 rings (SSSR count). The summed E-state index contributed by atoms with van der Waals surface area (Å²) in [5.74, 6) is 0.712. The summed E-state index contributed by atoms with van der Waals surface area (Å²) in [6.07, 6.45) is 1.92. The quantitative estimate of drug-likeness (QED) is 0.862. The fourth-order valence-electron chi connectivity index (χ4n) is 1.66. The summed E-state index contributed by atoms with van der Waals surface area (Å²) in [6, 6.07) is 5.53. The van der Waals surface area contributed by atoms with E-state index in [1.165, 1.54) is 0 Å². The zero-order valence-corrected chi connectivity index (χ0v) is 9.93. The number of carbonyl (C=O) groups excluding carboxylic acids is 1. The Hall–Kier alpha value is -2.04. The molecular weight excluding hydrogens is 218 g/mol. The van der Waals surface area contributed by atoms with E-state index in [2.05, 4.69) is 10.4 Å².